The largest absolute Gasteiger partial charge is 0.456 e. The zero-order chi connectivity index (χ0) is 21.4. The number of ether oxygens (including phenoxy) is 1. The number of hydrogen-bond acceptors (Lipinski definition) is 5. The maximum atomic E-state index is 12.9. The summed E-state index contributed by atoms with van der Waals surface area (Å²) in [5, 5.41) is 0.402. The zero-order valence-corrected chi connectivity index (χ0v) is 18.1. The predicted octanol–water partition coefficient (Wildman–Crippen LogP) is 4.37. The lowest BCUT2D eigenvalue weighted by Crippen LogP contribution is -2.35. The molecule has 0 N–H and O–H groups in total. The number of halogens is 1. The van der Waals surface area contributed by atoms with Crippen molar-refractivity contribution in [2.45, 2.75) is 48.7 Å². The molecule has 29 heavy (non-hydrogen) atoms. The second-order valence-corrected chi connectivity index (χ2v) is 11.0. The molecule has 0 spiro atoms. The summed E-state index contributed by atoms with van der Waals surface area (Å²) in [5.74, 6) is -1.26. The number of ketones is 1. The summed E-state index contributed by atoms with van der Waals surface area (Å²) in [6, 6.07) is 12.8. The first kappa shape index (κ1) is 21.5. The van der Waals surface area contributed by atoms with Gasteiger partial charge in [-0.1, -0.05) is 56.6 Å². The van der Waals surface area contributed by atoms with E-state index in [1.807, 2.05) is 12.1 Å². The van der Waals surface area contributed by atoms with Crippen LogP contribution < -0.4 is 0 Å². The number of sulfone groups is 1. The van der Waals surface area contributed by atoms with E-state index in [9.17, 15) is 18.0 Å². The van der Waals surface area contributed by atoms with E-state index in [0.29, 0.717) is 10.6 Å². The Morgan fingerprint density at radius 1 is 1.00 bits per heavy atom. The molecule has 1 saturated carbocycles. The Balaban J connectivity index is 1.68. The molecule has 154 valence electrons. The topological polar surface area (TPSA) is 77.5 Å². The standard InChI is InChI=1S/C22H23ClO5S/c1-21(2,3)16-6-4-15(5-7-16)19(24)14-28-20(25)22(12-13-22)29(26,27)18-10-8-17(23)9-11-18/h4-11H,12-14H2,1-3H3. The van der Waals surface area contributed by atoms with Crippen molar-refractivity contribution in [1.29, 1.82) is 0 Å². The summed E-state index contributed by atoms with van der Waals surface area (Å²) < 4.78 is 29.3. The number of rotatable bonds is 6. The molecular formula is C22H23ClO5S. The summed E-state index contributed by atoms with van der Waals surface area (Å²) in [6.45, 7) is 5.72. The molecule has 1 fully saturated rings. The number of carbonyl (C=O) groups excluding carboxylic acids is 2. The van der Waals surface area contributed by atoms with Gasteiger partial charge in [-0.2, -0.15) is 0 Å². The molecule has 0 bridgehead atoms. The first-order chi connectivity index (χ1) is 13.5. The van der Waals surface area contributed by atoms with Gasteiger partial charge in [0, 0.05) is 10.6 Å². The van der Waals surface area contributed by atoms with Gasteiger partial charge in [-0.3, -0.25) is 9.59 Å². The molecule has 1 aliphatic carbocycles. The van der Waals surface area contributed by atoms with Gasteiger partial charge in [-0.25, -0.2) is 8.42 Å². The van der Waals surface area contributed by atoms with Crippen LogP contribution in [0.1, 0.15) is 49.5 Å². The SMILES string of the molecule is CC(C)(C)c1ccc(C(=O)COC(=O)C2(S(=O)(=O)c3ccc(Cl)cc3)CC2)cc1. The van der Waals surface area contributed by atoms with E-state index < -0.39 is 27.2 Å². The van der Waals surface area contributed by atoms with E-state index in [1.54, 1.807) is 12.1 Å². The van der Waals surface area contributed by atoms with Crippen LogP contribution in [0.4, 0.5) is 0 Å². The fraction of sp³-hybridized carbons (Fsp3) is 0.364. The smallest absolute Gasteiger partial charge is 0.328 e. The van der Waals surface area contributed by atoms with Crippen molar-refractivity contribution >= 4 is 33.2 Å². The lowest BCUT2D eigenvalue weighted by molar-refractivity contribution is -0.142. The fourth-order valence-electron chi connectivity index (χ4n) is 3.04. The zero-order valence-electron chi connectivity index (χ0n) is 16.6. The summed E-state index contributed by atoms with van der Waals surface area (Å²) in [5.41, 5.74) is 1.45. The van der Waals surface area contributed by atoms with Crippen LogP contribution >= 0.6 is 11.6 Å². The van der Waals surface area contributed by atoms with Gasteiger partial charge < -0.3 is 4.74 Å². The second kappa shape index (κ2) is 7.58. The quantitative estimate of drug-likeness (QED) is 0.498. The van der Waals surface area contributed by atoms with E-state index >= 15 is 0 Å². The molecule has 0 aliphatic heterocycles. The molecule has 2 aromatic rings. The van der Waals surface area contributed by atoms with Crippen LogP contribution in [-0.4, -0.2) is 31.5 Å². The van der Waals surface area contributed by atoms with Crippen molar-refractivity contribution in [3.63, 3.8) is 0 Å². The van der Waals surface area contributed by atoms with Gasteiger partial charge >= 0.3 is 5.97 Å². The number of carbonyl (C=O) groups is 2. The van der Waals surface area contributed by atoms with E-state index in [1.165, 1.54) is 24.3 Å². The molecule has 1 aliphatic rings. The second-order valence-electron chi connectivity index (χ2n) is 8.28. The minimum atomic E-state index is -3.92. The summed E-state index contributed by atoms with van der Waals surface area (Å²) in [6.07, 6.45) is 0.344. The lowest BCUT2D eigenvalue weighted by atomic mass is 9.86. The molecule has 0 atom stereocenters. The van der Waals surface area contributed by atoms with E-state index in [4.69, 9.17) is 16.3 Å². The highest BCUT2D eigenvalue weighted by molar-refractivity contribution is 7.94. The highest BCUT2D eigenvalue weighted by Crippen LogP contribution is 2.47. The molecular weight excluding hydrogens is 412 g/mol. The molecule has 0 aromatic heterocycles. The van der Waals surface area contributed by atoms with E-state index in [2.05, 4.69) is 20.8 Å². The van der Waals surface area contributed by atoms with Crippen molar-refractivity contribution in [2.75, 3.05) is 6.61 Å². The number of benzene rings is 2. The number of Topliss-reactive ketones (excluding diaryl/α,β-unsaturated/α-hetero) is 1. The summed E-state index contributed by atoms with van der Waals surface area (Å²) in [4.78, 5) is 24.9. The van der Waals surface area contributed by atoms with Crippen LogP contribution in [0.2, 0.25) is 5.02 Å². The van der Waals surface area contributed by atoms with Crippen molar-refractivity contribution < 1.29 is 22.7 Å². The van der Waals surface area contributed by atoms with Gasteiger partial charge in [0.15, 0.2) is 27.0 Å². The summed E-state index contributed by atoms with van der Waals surface area (Å²) in [7, 11) is -3.92. The summed E-state index contributed by atoms with van der Waals surface area (Å²) >= 11 is 5.81. The van der Waals surface area contributed by atoms with Crippen LogP contribution in [0.25, 0.3) is 0 Å². The highest BCUT2D eigenvalue weighted by Gasteiger charge is 2.62. The Kier molecular flexibility index (Phi) is 5.62. The van der Waals surface area contributed by atoms with Crippen LogP contribution in [-0.2, 0) is 24.8 Å². The predicted molar refractivity (Wildman–Crippen MR) is 111 cm³/mol. The molecule has 0 heterocycles. The van der Waals surface area contributed by atoms with Gasteiger partial charge in [-0.15, -0.1) is 0 Å². The molecule has 0 unspecified atom stereocenters. The van der Waals surface area contributed by atoms with Crippen LogP contribution in [0.5, 0.6) is 0 Å². The Morgan fingerprint density at radius 2 is 1.55 bits per heavy atom. The average Bonchev–Trinajstić information content (AvgIpc) is 3.48. The monoisotopic (exact) mass is 434 g/mol. The average molecular weight is 435 g/mol. The minimum Gasteiger partial charge on any atom is -0.456 e. The Morgan fingerprint density at radius 3 is 2.03 bits per heavy atom. The first-order valence-corrected chi connectivity index (χ1v) is 11.1. The Bertz CT molecular complexity index is 1030. The van der Waals surface area contributed by atoms with Crippen molar-refractivity contribution in [2.24, 2.45) is 0 Å². The molecule has 7 heteroatoms. The first-order valence-electron chi connectivity index (χ1n) is 9.29. The van der Waals surface area contributed by atoms with Crippen LogP contribution in [0, 0.1) is 0 Å². The van der Waals surface area contributed by atoms with E-state index in [-0.39, 0.29) is 28.9 Å². The Labute approximate surface area is 175 Å². The molecule has 5 nitrogen and oxygen atoms in total. The third-order valence-corrected chi connectivity index (χ3v) is 7.87. The van der Waals surface area contributed by atoms with Crippen molar-refractivity contribution in [1.82, 2.24) is 0 Å². The molecule has 0 saturated heterocycles. The third-order valence-electron chi connectivity index (χ3n) is 5.12. The Hall–Kier alpha value is -2.18. The van der Waals surface area contributed by atoms with E-state index in [0.717, 1.165) is 5.56 Å². The van der Waals surface area contributed by atoms with Crippen molar-refractivity contribution in [3.05, 3.63) is 64.7 Å². The maximum absolute atomic E-state index is 12.9. The molecule has 3 rings (SSSR count). The van der Waals surface area contributed by atoms with Gasteiger partial charge in [0.2, 0.25) is 0 Å². The third kappa shape index (κ3) is 4.23. The molecule has 2 aromatic carbocycles. The van der Waals surface area contributed by atoms with Gasteiger partial charge in [0.1, 0.15) is 0 Å². The normalized spacial score (nSPS) is 15.6. The van der Waals surface area contributed by atoms with Crippen molar-refractivity contribution in [3.8, 4) is 0 Å². The minimum absolute atomic E-state index is 0.0143. The fourth-order valence-corrected chi connectivity index (χ4v) is 5.03. The van der Waals surface area contributed by atoms with Gasteiger partial charge in [-0.05, 0) is 48.1 Å². The highest BCUT2D eigenvalue weighted by atomic mass is 35.5. The number of esters is 1. The number of hydrogen-bond donors (Lipinski definition) is 0. The van der Waals surface area contributed by atoms with Crippen LogP contribution in [0.3, 0.4) is 0 Å². The molecule has 0 radical (unpaired) electrons. The maximum Gasteiger partial charge on any atom is 0.328 e. The van der Waals surface area contributed by atoms with Gasteiger partial charge in [0.25, 0.3) is 0 Å². The molecule has 0 amide bonds. The van der Waals surface area contributed by atoms with Crippen LogP contribution in [0.15, 0.2) is 53.4 Å². The van der Waals surface area contributed by atoms with Gasteiger partial charge in [0.05, 0.1) is 4.90 Å². The lowest BCUT2D eigenvalue weighted by Gasteiger charge is -2.19.